The lowest BCUT2D eigenvalue weighted by Crippen LogP contribution is -2.30. The number of fused-ring (bicyclic) bond motifs is 1. The van der Waals surface area contributed by atoms with Crippen LogP contribution in [0.25, 0.3) is 10.8 Å². The van der Waals surface area contributed by atoms with Crippen LogP contribution in [0.3, 0.4) is 0 Å². The van der Waals surface area contributed by atoms with Crippen molar-refractivity contribution in [3.63, 3.8) is 0 Å². The molecule has 0 spiro atoms. The maximum absolute atomic E-state index is 12.1. The molecule has 3 rings (SSSR count). The molecule has 1 N–H and O–H groups in total. The number of amides is 1. The van der Waals surface area contributed by atoms with Crippen LogP contribution in [0.1, 0.15) is 0 Å². The number of ether oxygens (including phenoxy) is 6. The molecular formula is C28H31NO8. The minimum Gasteiger partial charge on any atom is -0.490 e. The number of hydrogen-bond acceptors (Lipinski definition) is 8. The predicted octanol–water partition coefficient (Wildman–Crippen LogP) is 4.15. The Morgan fingerprint density at radius 2 is 1.51 bits per heavy atom. The first kappa shape index (κ1) is 27.5. The Morgan fingerprint density at radius 1 is 0.757 bits per heavy atom. The molecule has 0 bridgehead atoms. The van der Waals surface area contributed by atoms with E-state index in [0.29, 0.717) is 38.8 Å². The van der Waals surface area contributed by atoms with Gasteiger partial charge in [0.05, 0.1) is 26.4 Å². The van der Waals surface area contributed by atoms with E-state index < -0.39 is 12.1 Å². The molecule has 0 aliphatic rings. The smallest absolute Gasteiger partial charge is 0.412 e. The van der Waals surface area contributed by atoms with Crippen LogP contribution in [-0.4, -0.2) is 64.9 Å². The molecule has 0 atom stereocenters. The third-order valence-corrected chi connectivity index (χ3v) is 4.90. The summed E-state index contributed by atoms with van der Waals surface area (Å²) in [4.78, 5) is 23.0. The topological polar surface area (TPSA) is 102 Å². The Kier molecular flexibility index (Phi) is 11.8. The fraction of sp³-hybridized carbons (Fsp3) is 0.286. The first-order valence-electron chi connectivity index (χ1n) is 11.9. The molecule has 3 aromatic rings. The van der Waals surface area contributed by atoms with Crippen molar-refractivity contribution >= 4 is 22.8 Å². The summed E-state index contributed by atoms with van der Waals surface area (Å²) in [6, 6.07) is 20.6. The van der Waals surface area contributed by atoms with Crippen molar-refractivity contribution in [3.05, 3.63) is 79.4 Å². The van der Waals surface area contributed by atoms with E-state index in [4.69, 9.17) is 28.4 Å². The van der Waals surface area contributed by atoms with Gasteiger partial charge in [0.1, 0.15) is 37.1 Å². The summed E-state index contributed by atoms with van der Waals surface area (Å²) in [5.41, 5.74) is 0. The van der Waals surface area contributed by atoms with Gasteiger partial charge in [-0.25, -0.2) is 9.59 Å². The number of hydrogen-bond donors (Lipinski definition) is 1. The number of para-hydroxylation sites is 1. The number of rotatable bonds is 16. The van der Waals surface area contributed by atoms with Crippen LogP contribution >= 0.6 is 0 Å². The van der Waals surface area contributed by atoms with Gasteiger partial charge in [-0.2, -0.15) is 0 Å². The summed E-state index contributed by atoms with van der Waals surface area (Å²) in [5, 5.41) is 4.43. The summed E-state index contributed by atoms with van der Waals surface area (Å²) < 4.78 is 32.4. The standard InChI is InChI=1S/C28H31NO8/c1-2-27(30)36-18-17-33-16-15-32-14-13-29-28(31)37-24-11-12-25-22(21-24)7-6-10-26(25)35-20-19-34-23-8-4-3-5-9-23/h2-12,21H,1,13-20H2,(H,29,31). The molecule has 0 saturated heterocycles. The second kappa shape index (κ2) is 15.8. The average Bonchev–Trinajstić information content (AvgIpc) is 2.92. The average molecular weight is 510 g/mol. The maximum Gasteiger partial charge on any atom is 0.412 e. The highest BCUT2D eigenvalue weighted by Crippen LogP contribution is 2.29. The molecule has 196 valence electrons. The largest absolute Gasteiger partial charge is 0.490 e. The molecule has 0 saturated carbocycles. The molecule has 0 aliphatic heterocycles. The molecule has 0 heterocycles. The van der Waals surface area contributed by atoms with Gasteiger partial charge in [0.15, 0.2) is 0 Å². The van der Waals surface area contributed by atoms with E-state index in [1.807, 2.05) is 54.6 Å². The van der Waals surface area contributed by atoms with Crippen molar-refractivity contribution in [1.82, 2.24) is 5.32 Å². The monoisotopic (exact) mass is 509 g/mol. The van der Waals surface area contributed by atoms with E-state index in [1.54, 1.807) is 12.1 Å². The van der Waals surface area contributed by atoms with Crippen LogP contribution in [0.2, 0.25) is 0 Å². The molecule has 9 heteroatoms. The van der Waals surface area contributed by atoms with Crippen molar-refractivity contribution in [2.75, 3.05) is 52.8 Å². The predicted molar refractivity (Wildman–Crippen MR) is 138 cm³/mol. The van der Waals surface area contributed by atoms with Gasteiger partial charge in [0, 0.05) is 18.0 Å². The normalized spacial score (nSPS) is 10.5. The Balaban J connectivity index is 1.32. The molecule has 0 aliphatic carbocycles. The number of benzene rings is 3. The van der Waals surface area contributed by atoms with E-state index in [2.05, 4.69) is 11.9 Å². The Labute approximate surface area is 215 Å². The zero-order chi connectivity index (χ0) is 26.1. The fourth-order valence-corrected chi connectivity index (χ4v) is 3.20. The molecule has 9 nitrogen and oxygen atoms in total. The van der Waals surface area contributed by atoms with Gasteiger partial charge >= 0.3 is 12.1 Å². The summed E-state index contributed by atoms with van der Waals surface area (Å²) >= 11 is 0. The SMILES string of the molecule is C=CC(=O)OCCOCCOCCNC(=O)Oc1ccc2c(OCCOc3ccccc3)cccc2c1. The van der Waals surface area contributed by atoms with Gasteiger partial charge in [0.25, 0.3) is 0 Å². The summed E-state index contributed by atoms with van der Waals surface area (Å²) in [6.45, 7) is 5.83. The van der Waals surface area contributed by atoms with Gasteiger partial charge < -0.3 is 33.7 Å². The van der Waals surface area contributed by atoms with Gasteiger partial charge in [-0.1, -0.05) is 36.9 Å². The minimum absolute atomic E-state index is 0.158. The van der Waals surface area contributed by atoms with Gasteiger partial charge in [-0.3, -0.25) is 0 Å². The minimum atomic E-state index is -0.575. The summed E-state index contributed by atoms with van der Waals surface area (Å²) in [7, 11) is 0. The van der Waals surface area contributed by atoms with Crippen LogP contribution in [0.4, 0.5) is 4.79 Å². The highest BCUT2D eigenvalue weighted by atomic mass is 16.6. The van der Waals surface area contributed by atoms with E-state index in [9.17, 15) is 9.59 Å². The molecule has 1 amide bonds. The fourth-order valence-electron chi connectivity index (χ4n) is 3.20. The molecule has 3 aromatic carbocycles. The molecule has 0 fully saturated rings. The first-order valence-corrected chi connectivity index (χ1v) is 11.9. The Bertz CT molecular complexity index is 1140. The zero-order valence-corrected chi connectivity index (χ0v) is 20.6. The highest BCUT2D eigenvalue weighted by molar-refractivity contribution is 5.90. The van der Waals surface area contributed by atoms with Crippen molar-refractivity contribution in [3.8, 4) is 17.2 Å². The van der Waals surface area contributed by atoms with Crippen LogP contribution in [0, 0.1) is 0 Å². The van der Waals surface area contributed by atoms with Crippen LogP contribution < -0.4 is 19.5 Å². The summed E-state index contributed by atoms with van der Waals surface area (Å²) in [5.74, 6) is 1.46. The third kappa shape index (κ3) is 10.2. The first-order chi connectivity index (χ1) is 18.2. The lowest BCUT2D eigenvalue weighted by Gasteiger charge is -2.12. The van der Waals surface area contributed by atoms with Crippen molar-refractivity contribution in [2.45, 2.75) is 0 Å². The Hall–Kier alpha value is -4.08. The molecular weight excluding hydrogens is 478 g/mol. The second-order valence-corrected chi connectivity index (χ2v) is 7.56. The molecule has 0 unspecified atom stereocenters. The lowest BCUT2D eigenvalue weighted by atomic mass is 10.1. The van der Waals surface area contributed by atoms with Crippen molar-refractivity contribution in [1.29, 1.82) is 0 Å². The number of esters is 1. The van der Waals surface area contributed by atoms with Crippen LogP contribution in [-0.2, 0) is 19.0 Å². The maximum atomic E-state index is 12.1. The number of nitrogens with one attached hydrogen (secondary N) is 1. The molecule has 37 heavy (non-hydrogen) atoms. The summed E-state index contributed by atoms with van der Waals surface area (Å²) in [6.07, 6.45) is 0.520. The van der Waals surface area contributed by atoms with Crippen LogP contribution in [0.5, 0.6) is 17.2 Å². The van der Waals surface area contributed by atoms with E-state index >= 15 is 0 Å². The van der Waals surface area contributed by atoms with Crippen molar-refractivity contribution < 1.29 is 38.0 Å². The van der Waals surface area contributed by atoms with Gasteiger partial charge in [-0.05, 0) is 41.8 Å². The van der Waals surface area contributed by atoms with E-state index in [-0.39, 0.29) is 19.8 Å². The Morgan fingerprint density at radius 3 is 2.32 bits per heavy atom. The highest BCUT2D eigenvalue weighted by Gasteiger charge is 2.08. The van der Waals surface area contributed by atoms with E-state index in [1.165, 1.54) is 0 Å². The molecule has 0 aromatic heterocycles. The lowest BCUT2D eigenvalue weighted by molar-refractivity contribution is -0.139. The number of carbonyl (C=O) groups is 2. The van der Waals surface area contributed by atoms with Gasteiger partial charge in [0.2, 0.25) is 0 Å². The molecule has 0 radical (unpaired) electrons. The van der Waals surface area contributed by atoms with E-state index in [0.717, 1.165) is 28.3 Å². The third-order valence-electron chi connectivity index (χ3n) is 4.90. The van der Waals surface area contributed by atoms with Crippen LogP contribution in [0.15, 0.2) is 79.4 Å². The zero-order valence-electron chi connectivity index (χ0n) is 20.6. The number of carbonyl (C=O) groups excluding carboxylic acids is 2. The quantitative estimate of drug-likeness (QED) is 0.175. The van der Waals surface area contributed by atoms with Gasteiger partial charge in [-0.15, -0.1) is 0 Å². The van der Waals surface area contributed by atoms with Crippen molar-refractivity contribution in [2.24, 2.45) is 0 Å². The second-order valence-electron chi connectivity index (χ2n) is 7.56.